The van der Waals surface area contributed by atoms with E-state index >= 15 is 0 Å². The molecule has 1 atom stereocenters. The lowest BCUT2D eigenvalue weighted by Crippen LogP contribution is -2.43. The molecular weight excluding hydrogens is 460 g/mol. The highest BCUT2D eigenvalue weighted by atomic mass is 16.5. The van der Waals surface area contributed by atoms with Gasteiger partial charge in [0.2, 0.25) is 0 Å². The van der Waals surface area contributed by atoms with Crippen LogP contribution in [0, 0.1) is 0 Å². The van der Waals surface area contributed by atoms with Gasteiger partial charge >= 0.3 is 0 Å². The van der Waals surface area contributed by atoms with Crippen molar-refractivity contribution in [1.82, 2.24) is 4.90 Å². The second-order valence-corrected chi connectivity index (χ2v) is 9.71. The molecule has 5 nitrogen and oxygen atoms in total. The Morgan fingerprint density at radius 2 is 1.43 bits per heavy atom. The molecule has 0 aliphatic heterocycles. The number of benzene rings is 4. The first kappa shape index (κ1) is 26.3. The molecule has 192 valence electrons. The number of anilines is 1. The Hall–Kier alpha value is -3.80. The Kier molecular flexibility index (Phi) is 8.49. The number of aliphatic hydroxyl groups is 1. The molecular formula is C32H36N2O3. The van der Waals surface area contributed by atoms with Crippen LogP contribution < -0.4 is 15.2 Å². The molecule has 37 heavy (non-hydrogen) atoms. The number of aliphatic hydroxyl groups excluding tert-OH is 1. The lowest BCUT2D eigenvalue weighted by Gasteiger charge is -2.41. The summed E-state index contributed by atoms with van der Waals surface area (Å²) in [5.41, 5.74) is 10.5. The van der Waals surface area contributed by atoms with Gasteiger partial charge in [-0.25, -0.2) is 0 Å². The summed E-state index contributed by atoms with van der Waals surface area (Å²) in [7, 11) is 1.69. The first-order valence-electron chi connectivity index (χ1n) is 12.5. The maximum atomic E-state index is 11.4. The Morgan fingerprint density at radius 3 is 2.08 bits per heavy atom. The standard InChI is InChI=1S/C32H36N2O3/c1-32(2,27-16-10-11-17-30(27)36-3)34(21-24-12-6-4-7-13-24)22-29(35)26-18-19-31(28(33)20-26)37-23-25-14-8-5-9-15-25/h4-20,29,35H,21-23,33H2,1-3H3. The van der Waals surface area contributed by atoms with Crippen LogP contribution in [0.2, 0.25) is 0 Å². The zero-order chi connectivity index (χ0) is 26.3. The molecule has 0 saturated carbocycles. The second kappa shape index (κ2) is 12.0. The third kappa shape index (κ3) is 6.50. The maximum Gasteiger partial charge on any atom is 0.142 e. The Balaban J connectivity index is 1.56. The molecule has 0 aliphatic rings. The molecule has 0 radical (unpaired) electrons. The first-order valence-corrected chi connectivity index (χ1v) is 12.5. The number of ether oxygens (including phenoxy) is 2. The average Bonchev–Trinajstić information content (AvgIpc) is 2.93. The zero-order valence-corrected chi connectivity index (χ0v) is 21.8. The Labute approximate surface area is 220 Å². The van der Waals surface area contributed by atoms with E-state index in [1.165, 1.54) is 5.56 Å². The third-order valence-electron chi connectivity index (χ3n) is 6.82. The van der Waals surface area contributed by atoms with Crippen molar-refractivity contribution >= 4 is 5.69 Å². The smallest absolute Gasteiger partial charge is 0.142 e. The zero-order valence-electron chi connectivity index (χ0n) is 21.8. The monoisotopic (exact) mass is 496 g/mol. The Bertz CT molecular complexity index is 1280. The van der Waals surface area contributed by atoms with Gasteiger partial charge in [0.15, 0.2) is 0 Å². The van der Waals surface area contributed by atoms with Crippen molar-refractivity contribution in [3.8, 4) is 11.5 Å². The van der Waals surface area contributed by atoms with Gasteiger partial charge in [0.1, 0.15) is 18.1 Å². The highest BCUT2D eigenvalue weighted by molar-refractivity contribution is 5.54. The number of nitrogen functional groups attached to an aromatic ring is 1. The molecule has 4 aromatic carbocycles. The fourth-order valence-corrected chi connectivity index (χ4v) is 4.57. The summed E-state index contributed by atoms with van der Waals surface area (Å²) in [5, 5.41) is 11.4. The SMILES string of the molecule is COc1ccccc1C(C)(C)N(Cc1ccccc1)CC(O)c1ccc(OCc2ccccc2)c(N)c1. The van der Waals surface area contributed by atoms with E-state index < -0.39 is 11.6 Å². The molecule has 0 heterocycles. The van der Waals surface area contributed by atoms with Crippen LogP contribution in [0.4, 0.5) is 5.69 Å². The van der Waals surface area contributed by atoms with Crippen LogP contribution in [-0.4, -0.2) is 23.7 Å². The van der Waals surface area contributed by atoms with Crippen LogP contribution >= 0.6 is 0 Å². The number of hydrogen-bond donors (Lipinski definition) is 2. The fraction of sp³-hybridized carbons (Fsp3) is 0.250. The molecule has 0 fully saturated rings. The lowest BCUT2D eigenvalue weighted by molar-refractivity contribution is 0.0405. The number of rotatable bonds is 11. The molecule has 3 N–H and O–H groups in total. The van der Waals surface area contributed by atoms with Crippen LogP contribution in [0.3, 0.4) is 0 Å². The third-order valence-corrected chi connectivity index (χ3v) is 6.82. The molecule has 0 bridgehead atoms. The number of methoxy groups -OCH3 is 1. The van der Waals surface area contributed by atoms with Gasteiger partial charge in [-0.1, -0.05) is 84.9 Å². The first-order chi connectivity index (χ1) is 17.9. The normalized spacial score (nSPS) is 12.4. The van der Waals surface area contributed by atoms with E-state index in [2.05, 4.69) is 36.9 Å². The minimum absolute atomic E-state index is 0.406. The highest BCUT2D eigenvalue weighted by Gasteiger charge is 2.33. The molecule has 4 rings (SSSR count). The van der Waals surface area contributed by atoms with Gasteiger partial charge in [-0.15, -0.1) is 0 Å². The minimum atomic E-state index is -0.747. The molecule has 0 aliphatic carbocycles. The van der Waals surface area contributed by atoms with E-state index in [-0.39, 0.29) is 0 Å². The van der Waals surface area contributed by atoms with Crippen molar-refractivity contribution in [2.24, 2.45) is 0 Å². The topological polar surface area (TPSA) is 68.0 Å². The van der Waals surface area contributed by atoms with Crippen molar-refractivity contribution in [1.29, 1.82) is 0 Å². The van der Waals surface area contributed by atoms with Crippen LogP contribution in [0.25, 0.3) is 0 Å². The largest absolute Gasteiger partial charge is 0.496 e. The van der Waals surface area contributed by atoms with Gasteiger partial charge in [-0.2, -0.15) is 0 Å². The lowest BCUT2D eigenvalue weighted by atomic mass is 9.89. The van der Waals surface area contributed by atoms with Gasteiger partial charge in [0.25, 0.3) is 0 Å². The van der Waals surface area contributed by atoms with Crippen LogP contribution in [0.5, 0.6) is 11.5 Å². The summed E-state index contributed by atoms with van der Waals surface area (Å²) in [6.45, 7) is 5.83. The predicted molar refractivity (Wildman–Crippen MR) is 149 cm³/mol. The minimum Gasteiger partial charge on any atom is -0.496 e. The molecule has 5 heteroatoms. The van der Waals surface area contributed by atoms with Crippen molar-refractivity contribution in [3.63, 3.8) is 0 Å². The summed E-state index contributed by atoms with van der Waals surface area (Å²) < 4.78 is 11.6. The predicted octanol–water partition coefficient (Wildman–Crippen LogP) is 6.33. The number of nitrogens with zero attached hydrogens (tertiary/aromatic N) is 1. The fourth-order valence-electron chi connectivity index (χ4n) is 4.57. The molecule has 0 amide bonds. The molecule has 0 saturated heterocycles. The quantitative estimate of drug-likeness (QED) is 0.238. The molecule has 0 aromatic heterocycles. The van der Waals surface area contributed by atoms with Crippen LogP contribution in [-0.2, 0) is 18.7 Å². The van der Waals surface area contributed by atoms with E-state index in [1.807, 2.05) is 84.9 Å². The highest BCUT2D eigenvalue weighted by Crippen LogP contribution is 2.37. The van der Waals surface area contributed by atoms with Gasteiger partial charge in [-0.3, -0.25) is 4.90 Å². The van der Waals surface area contributed by atoms with E-state index in [4.69, 9.17) is 15.2 Å². The van der Waals surface area contributed by atoms with Crippen molar-refractivity contribution < 1.29 is 14.6 Å². The van der Waals surface area contributed by atoms with E-state index in [9.17, 15) is 5.11 Å². The van der Waals surface area contributed by atoms with Gasteiger partial charge in [0, 0.05) is 24.2 Å². The Morgan fingerprint density at radius 1 is 0.811 bits per heavy atom. The van der Waals surface area contributed by atoms with E-state index in [0.717, 1.165) is 22.4 Å². The average molecular weight is 497 g/mol. The van der Waals surface area contributed by atoms with Gasteiger partial charge in [-0.05, 0) is 48.7 Å². The van der Waals surface area contributed by atoms with Crippen molar-refractivity contribution in [3.05, 3.63) is 125 Å². The number of para-hydroxylation sites is 1. The summed E-state index contributed by atoms with van der Waals surface area (Å²) >= 11 is 0. The van der Waals surface area contributed by atoms with Crippen molar-refractivity contribution in [2.45, 2.75) is 38.6 Å². The summed E-state index contributed by atoms with van der Waals surface area (Å²) in [4.78, 5) is 2.28. The summed E-state index contributed by atoms with van der Waals surface area (Å²) in [6, 6.07) is 33.8. The van der Waals surface area contributed by atoms with Crippen molar-refractivity contribution in [2.75, 3.05) is 19.4 Å². The van der Waals surface area contributed by atoms with Gasteiger partial charge in [0.05, 0.1) is 18.9 Å². The maximum absolute atomic E-state index is 11.4. The van der Waals surface area contributed by atoms with Crippen LogP contribution in [0.15, 0.2) is 103 Å². The number of nitrogens with two attached hydrogens (primary N) is 1. The molecule has 1 unspecified atom stereocenters. The second-order valence-electron chi connectivity index (χ2n) is 9.71. The molecule has 4 aromatic rings. The molecule has 0 spiro atoms. The van der Waals surface area contributed by atoms with Crippen LogP contribution in [0.1, 0.15) is 42.2 Å². The van der Waals surface area contributed by atoms with E-state index in [0.29, 0.717) is 31.1 Å². The van der Waals surface area contributed by atoms with Gasteiger partial charge < -0.3 is 20.3 Å². The van der Waals surface area contributed by atoms with E-state index in [1.54, 1.807) is 7.11 Å². The summed E-state index contributed by atoms with van der Waals surface area (Å²) in [5.74, 6) is 1.43. The number of hydrogen-bond acceptors (Lipinski definition) is 5. The summed E-state index contributed by atoms with van der Waals surface area (Å²) in [6.07, 6.45) is -0.747.